The van der Waals surface area contributed by atoms with E-state index in [0.717, 1.165) is 64.2 Å². The fraction of sp³-hybridized carbons (Fsp3) is 0.862. The van der Waals surface area contributed by atoms with Gasteiger partial charge < -0.3 is 10.2 Å². The summed E-state index contributed by atoms with van der Waals surface area (Å²) in [5.74, 6) is 1.07. The average Bonchev–Trinajstić information content (AvgIpc) is 2.77. The van der Waals surface area contributed by atoms with Crippen LogP contribution in [0.5, 0.6) is 0 Å². The Morgan fingerprint density at radius 3 is 2.30 bits per heavy atom. The Balaban J connectivity index is 1.55. The van der Waals surface area contributed by atoms with Crippen LogP contribution < -0.4 is 0 Å². The van der Waals surface area contributed by atoms with Crippen molar-refractivity contribution >= 4 is 11.8 Å². The Morgan fingerprint density at radius 1 is 0.909 bits per heavy atom. The van der Waals surface area contributed by atoms with Crippen LogP contribution in [0.4, 0.5) is 0 Å². The van der Waals surface area contributed by atoms with Gasteiger partial charge in [0.15, 0.2) is 0 Å². The van der Waals surface area contributed by atoms with E-state index >= 15 is 0 Å². The first-order valence-corrected chi connectivity index (χ1v) is 13.4. The van der Waals surface area contributed by atoms with Gasteiger partial charge in [-0.05, 0) is 104 Å². The van der Waals surface area contributed by atoms with E-state index in [-0.39, 0.29) is 40.5 Å². The normalized spacial score (nSPS) is 54.0. The van der Waals surface area contributed by atoms with Gasteiger partial charge in [0, 0.05) is 6.42 Å². The zero-order valence-corrected chi connectivity index (χ0v) is 21.2. The molecule has 9 atom stereocenters. The number of allylic oxidation sites excluding steroid dienone is 1. The molecule has 5 rings (SSSR count). The molecule has 184 valence electrons. The van der Waals surface area contributed by atoms with Crippen LogP contribution in [-0.2, 0) is 9.59 Å². The molecule has 5 aliphatic carbocycles. The van der Waals surface area contributed by atoms with Crippen molar-refractivity contribution in [1.29, 1.82) is 0 Å². The Hall–Kier alpha value is -1.16. The molecule has 0 amide bonds. The van der Waals surface area contributed by atoms with Crippen molar-refractivity contribution in [3.05, 3.63) is 12.2 Å². The van der Waals surface area contributed by atoms with Crippen LogP contribution in [0.1, 0.15) is 98.3 Å². The van der Waals surface area contributed by atoms with Crippen LogP contribution >= 0.6 is 0 Å². The lowest BCUT2D eigenvalue weighted by Gasteiger charge is -2.72. The average molecular weight is 457 g/mol. The second-order valence-corrected chi connectivity index (χ2v) is 13.7. The molecule has 33 heavy (non-hydrogen) atoms. The molecule has 0 aromatic heterocycles. The standard InChI is InChI=1S/C29H44O4/c1-18-8-13-29(24(32)33)15-14-27(4)19(20(29)16-18)6-7-22-25(2)11-10-23(31)26(3,17-30)21(25)9-12-28(22,27)5/h19-22,30H,1,6-17H2,2-5H3,(H,32,33)/t19-,20-,21?,22-,25+,26?,27-,28-,29+/m1/s1. The van der Waals surface area contributed by atoms with E-state index in [1.807, 2.05) is 6.92 Å². The van der Waals surface area contributed by atoms with Crippen LogP contribution in [0, 0.1) is 50.7 Å². The summed E-state index contributed by atoms with van der Waals surface area (Å²) in [4.78, 5) is 25.6. The number of Topliss-reactive ketones (excluding diaryl/α,β-unsaturated/α-hetero) is 1. The third-order valence-corrected chi connectivity index (χ3v) is 13.0. The Labute approximate surface area is 199 Å². The highest BCUT2D eigenvalue weighted by Crippen LogP contribution is 2.76. The van der Waals surface area contributed by atoms with E-state index in [9.17, 15) is 19.8 Å². The molecule has 2 N–H and O–H groups in total. The number of aliphatic hydroxyl groups excluding tert-OH is 1. The van der Waals surface area contributed by atoms with E-state index < -0.39 is 16.8 Å². The van der Waals surface area contributed by atoms with E-state index in [0.29, 0.717) is 18.3 Å². The predicted octanol–water partition coefficient (Wildman–Crippen LogP) is 6.02. The zero-order chi connectivity index (χ0) is 24.0. The van der Waals surface area contributed by atoms with Crippen molar-refractivity contribution in [2.75, 3.05) is 6.61 Å². The molecule has 0 saturated heterocycles. The molecule has 0 radical (unpaired) electrons. The number of carbonyl (C=O) groups is 2. The molecule has 0 aromatic carbocycles. The molecule has 0 aromatic rings. The number of carboxylic acids is 1. The summed E-state index contributed by atoms with van der Waals surface area (Å²) in [6, 6.07) is 0. The lowest BCUT2D eigenvalue weighted by molar-refractivity contribution is -0.240. The molecule has 5 fully saturated rings. The molecule has 0 heterocycles. The number of hydrogen-bond donors (Lipinski definition) is 2. The van der Waals surface area contributed by atoms with Gasteiger partial charge in [-0.3, -0.25) is 9.59 Å². The van der Waals surface area contributed by atoms with E-state index in [2.05, 4.69) is 27.4 Å². The highest BCUT2D eigenvalue weighted by molar-refractivity contribution is 5.86. The SMILES string of the molecule is C=C1CC[C@]2(C(=O)O)CC[C@]3(C)[C@H](CC[C@@H]4[C@@]5(C)CCC(=O)C(C)(CO)C5CC[C@]43C)[C@H]2C1. The van der Waals surface area contributed by atoms with Gasteiger partial charge in [-0.25, -0.2) is 0 Å². The highest BCUT2D eigenvalue weighted by atomic mass is 16.4. The summed E-state index contributed by atoms with van der Waals surface area (Å²) < 4.78 is 0. The molecule has 5 aliphatic rings. The number of carbonyl (C=O) groups excluding carboxylic acids is 1. The molecular formula is C29H44O4. The van der Waals surface area contributed by atoms with Gasteiger partial charge in [0.25, 0.3) is 0 Å². The second-order valence-electron chi connectivity index (χ2n) is 13.7. The summed E-state index contributed by atoms with van der Waals surface area (Å²) in [6.07, 6.45) is 10.1. The van der Waals surface area contributed by atoms with E-state index in [1.54, 1.807) is 0 Å². The third kappa shape index (κ3) is 2.74. The summed E-state index contributed by atoms with van der Waals surface area (Å²) in [6.45, 7) is 13.7. The number of aliphatic hydroxyl groups is 1. The predicted molar refractivity (Wildman–Crippen MR) is 128 cm³/mol. The number of rotatable bonds is 2. The summed E-state index contributed by atoms with van der Waals surface area (Å²) >= 11 is 0. The van der Waals surface area contributed by atoms with Gasteiger partial charge in [-0.1, -0.05) is 39.8 Å². The van der Waals surface area contributed by atoms with Crippen LogP contribution in [0.3, 0.4) is 0 Å². The van der Waals surface area contributed by atoms with Crippen molar-refractivity contribution < 1.29 is 19.8 Å². The smallest absolute Gasteiger partial charge is 0.309 e. The van der Waals surface area contributed by atoms with Gasteiger partial charge in [0.2, 0.25) is 0 Å². The zero-order valence-electron chi connectivity index (χ0n) is 21.2. The van der Waals surface area contributed by atoms with Crippen LogP contribution in [0.2, 0.25) is 0 Å². The lowest BCUT2D eigenvalue weighted by Crippen LogP contribution is -2.67. The van der Waals surface area contributed by atoms with Gasteiger partial charge in [0.1, 0.15) is 5.78 Å². The van der Waals surface area contributed by atoms with Crippen LogP contribution in [0.15, 0.2) is 12.2 Å². The number of fused-ring (bicyclic) bond motifs is 7. The second kappa shape index (κ2) is 7.18. The highest BCUT2D eigenvalue weighted by Gasteiger charge is 2.71. The third-order valence-electron chi connectivity index (χ3n) is 13.0. The van der Waals surface area contributed by atoms with E-state index in [4.69, 9.17) is 0 Å². The molecule has 4 heteroatoms. The summed E-state index contributed by atoms with van der Waals surface area (Å²) in [5.41, 5.74) is 0.377. The summed E-state index contributed by atoms with van der Waals surface area (Å²) in [5, 5.41) is 20.7. The van der Waals surface area contributed by atoms with Crippen molar-refractivity contribution in [1.82, 2.24) is 0 Å². The maximum absolute atomic E-state index is 12.9. The quantitative estimate of drug-likeness (QED) is 0.498. The largest absolute Gasteiger partial charge is 0.481 e. The molecule has 0 bridgehead atoms. The van der Waals surface area contributed by atoms with Crippen LogP contribution in [-0.4, -0.2) is 28.6 Å². The first kappa shape index (κ1) is 23.6. The molecule has 0 aliphatic heterocycles. The molecule has 0 spiro atoms. The molecule has 4 nitrogen and oxygen atoms in total. The first-order valence-electron chi connectivity index (χ1n) is 13.4. The minimum Gasteiger partial charge on any atom is -0.481 e. The minimum atomic E-state index is -0.613. The van der Waals surface area contributed by atoms with Crippen molar-refractivity contribution in [3.63, 3.8) is 0 Å². The fourth-order valence-corrected chi connectivity index (χ4v) is 10.8. The van der Waals surface area contributed by atoms with Crippen LogP contribution in [0.25, 0.3) is 0 Å². The maximum Gasteiger partial charge on any atom is 0.309 e. The number of hydrogen-bond acceptors (Lipinski definition) is 3. The lowest BCUT2D eigenvalue weighted by atomic mass is 9.32. The van der Waals surface area contributed by atoms with Crippen molar-refractivity contribution in [2.24, 2.45) is 50.7 Å². The van der Waals surface area contributed by atoms with Gasteiger partial charge in [0.05, 0.1) is 17.4 Å². The first-order chi connectivity index (χ1) is 15.4. The van der Waals surface area contributed by atoms with Crippen molar-refractivity contribution in [2.45, 2.75) is 98.3 Å². The fourth-order valence-electron chi connectivity index (χ4n) is 10.8. The van der Waals surface area contributed by atoms with E-state index in [1.165, 1.54) is 5.57 Å². The number of carboxylic acid groups (broad SMARTS) is 1. The van der Waals surface area contributed by atoms with Gasteiger partial charge in [-0.2, -0.15) is 0 Å². The number of aliphatic carboxylic acids is 1. The molecule has 5 saturated carbocycles. The Morgan fingerprint density at radius 2 is 1.64 bits per heavy atom. The minimum absolute atomic E-state index is 0.0409. The monoisotopic (exact) mass is 456 g/mol. The molecule has 2 unspecified atom stereocenters. The van der Waals surface area contributed by atoms with Gasteiger partial charge in [-0.15, -0.1) is 0 Å². The summed E-state index contributed by atoms with van der Waals surface area (Å²) in [7, 11) is 0. The number of ketones is 1. The Bertz CT molecular complexity index is 894. The van der Waals surface area contributed by atoms with Gasteiger partial charge >= 0.3 is 5.97 Å². The topological polar surface area (TPSA) is 74.6 Å². The Kier molecular flexibility index (Phi) is 5.13. The molecular weight excluding hydrogens is 412 g/mol. The van der Waals surface area contributed by atoms with Crippen molar-refractivity contribution in [3.8, 4) is 0 Å². The maximum atomic E-state index is 12.9.